The molecule has 2 aliphatic rings. The molecule has 0 radical (unpaired) electrons. The van der Waals surface area contributed by atoms with Gasteiger partial charge in [-0.05, 0) is 19.9 Å². The molecule has 0 saturated carbocycles. The Morgan fingerprint density at radius 1 is 1.50 bits per heavy atom. The van der Waals surface area contributed by atoms with Gasteiger partial charge in [-0.2, -0.15) is 0 Å². The van der Waals surface area contributed by atoms with Crippen molar-refractivity contribution in [1.82, 2.24) is 10.2 Å². The Hall–Kier alpha value is -0.120. The molecule has 2 atom stereocenters. The molecule has 2 fully saturated rings. The fourth-order valence-corrected chi connectivity index (χ4v) is 2.19. The van der Waals surface area contributed by atoms with Gasteiger partial charge in [0.2, 0.25) is 0 Å². The van der Waals surface area contributed by atoms with Crippen LogP contribution in [0.25, 0.3) is 0 Å². The summed E-state index contributed by atoms with van der Waals surface area (Å²) in [5.74, 6) is 0. The summed E-state index contributed by atoms with van der Waals surface area (Å²) in [4.78, 5) is 2.59. The topological polar surface area (TPSA) is 24.5 Å². The summed E-state index contributed by atoms with van der Waals surface area (Å²) in [5.41, 5.74) is 0. The van der Waals surface area contributed by atoms with Crippen LogP contribution in [0.4, 0.5) is 0 Å². The Balaban J connectivity index is 2.01. The summed E-state index contributed by atoms with van der Waals surface area (Å²) < 4.78 is 5.47. The number of morpholine rings is 1. The Kier molecular flexibility index (Phi) is 2.63. The van der Waals surface area contributed by atoms with Gasteiger partial charge in [-0.15, -0.1) is 0 Å². The van der Waals surface area contributed by atoms with E-state index in [1.807, 2.05) is 0 Å². The van der Waals surface area contributed by atoms with E-state index in [4.69, 9.17) is 4.74 Å². The van der Waals surface area contributed by atoms with Crippen molar-refractivity contribution in [3.63, 3.8) is 0 Å². The highest BCUT2D eigenvalue weighted by atomic mass is 16.5. The van der Waals surface area contributed by atoms with Crippen LogP contribution < -0.4 is 5.32 Å². The van der Waals surface area contributed by atoms with Gasteiger partial charge >= 0.3 is 0 Å². The van der Waals surface area contributed by atoms with Gasteiger partial charge in [0.15, 0.2) is 0 Å². The van der Waals surface area contributed by atoms with Gasteiger partial charge in [-0.25, -0.2) is 0 Å². The molecule has 0 aromatic heterocycles. The predicted molar refractivity (Wildman–Crippen MR) is 48.3 cm³/mol. The van der Waals surface area contributed by atoms with Crippen molar-refractivity contribution in [1.29, 1.82) is 0 Å². The molecule has 3 nitrogen and oxygen atoms in total. The van der Waals surface area contributed by atoms with Crippen molar-refractivity contribution >= 4 is 0 Å². The minimum atomic E-state index is 0.670. The van der Waals surface area contributed by atoms with Gasteiger partial charge < -0.3 is 10.1 Å². The molecule has 2 aliphatic heterocycles. The number of ether oxygens (including phenoxy) is 1. The minimum Gasteiger partial charge on any atom is -0.378 e. The maximum atomic E-state index is 5.47. The van der Waals surface area contributed by atoms with Gasteiger partial charge in [0.25, 0.3) is 0 Å². The zero-order chi connectivity index (χ0) is 8.39. The first-order valence-electron chi connectivity index (χ1n) is 4.92. The molecule has 0 aromatic rings. The number of hydrogen-bond donors (Lipinski definition) is 1. The fraction of sp³-hybridized carbons (Fsp3) is 1.00. The highest BCUT2D eigenvalue weighted by Crippen LogP contribution is 2.15. The molecule has 2 heterocycles. The Bertz CT molecular complexity index is 151. The van der Waals surface area contributed by atoms with Crippen molar-refractivity contribution in [3.05, 3.63) is 0 Å². The van der Waals surface area contributed by atoms with E-state index in [0.717, 1.165) is 32.8 Å². The van der Waals surface area contributed by atoms with Gasteiger partial charge in [0, 0.05) is 25.2 Å². The van der Waals surface area contributed by atoms with Crippen molar-refractivity contribution < 1.29 is 4.74 Å². The van der Waals surface area contributed by atoms with E-state index in [0.29, 0.717) is 12.1 Å². The third-order valence-electron chi connectivity index (χ3n) is 2.93. The van der Waals surface area contributed by atoms with Crippen LogP contribution in [-0.4, -0.2) is 49.8 Å². The van der Waals surface area contributed by atoms with E-state index in [2.05, 4.69) is 17.1 Å². The maximum Gasteiger partial charge on any atom is 0.0623 e. The summed E-state index contributed by atoms with van der Waals surface area (Å²) >= 11 is 0. The lowest BCUT2D eigenvalue weighted by Gasteiger charge is -2.37. The van der Waals surface area contributed by atoms with Crippen LogP contribution >= 0.6 is 0 Å². The largest absolute Gasteiger partial charge is 0.378 e. The third kappa shape index (κ3) is 1.63. The second-order valence-electron chi connectivity index (χ2n) is 3.81. The molecule has 70 valence electrons. The van der Waals surface area contributed by atoms with Crippen LogP contribution in [0.3, 0.4) is 0 Å². The highest BCUT2D eigenvalue weighted by molar-refractivity contribution is 4.84. The van der Waals surface area contributed by atoms with E-state index < -0.39 is 0 Å². The molecule has 12 heavy (non-hydrogen) atoms. The first-order valence-corrected chi connectivity index (χ1v) is 4.92. The summed E-state index contributed by atoms with van der Waals surface area (Å²) in [7, 11) is 0. The first-order chi connectivity index (χ1) is 5.88. The smallest absolute Gasteiger partial charge is 0.0623 e. The average molecular weight is 170 g/mol. The summed E-state index contributed by atoms with van der Waals surface area (Å²) in [6.07, 6.45) is 1.24. The summed E-state index contributed by atoms with van der Waals surface area (Å²) in [6.45, 7) is 7.56. The SMILES string of the molecule is CC1CNCCC2COCCN12. The second kappa shape index (κ2) is 3.73. The van der Waals surface area contributed by atoms with Crippen molar-refractivity contribution in [2.45, 2.75) is 25.4 Å². The number of fused-ring (bicyclic) bond motifs is 1. The molecule has 0 spiro atoms. The maximum absolute atomic E-state index is 5.47. The van der Waals surface area contributed by atoms with Crippen LogP contribution in [0.2, 0.25) is 0 Å². The Labute approximate surface area is 74.1 Å². The second-order valence-corrected chi connectivity index (χ2v) is 3.81. The number of rotatable bonds is 0. The standard InChI is InChI=1S/C9H18N2O/c1-8-6-10-3-2-9-7-12-5-4-11(8)9/h8-10H,2-7H2,1H3. The summed E-state index contributed by atoms with van der Waals surface area (Å²) in [5, 5.41) is 3.46. The van der Waals surface area contributed by atoms with E-state index >= 15 is 0 Å². The van der Waals surface area contributed by atoms with Crippen LogP contribution in [0.1, 0.15) is 13.3 Å². The monoisotopic (exact) mass is 170 g/mol. The van der Waals surface area contributed by atoms with Crippen LogP contribution in [-0.2, 0) is 4.74 Å². The lowest BCUT2D eigenvalue weighted by atomic mass is 10.1. The normalized spacial score (nSPS) is 38.8. The zero-order valence-corrected chi connectivity index (χ0v) is 7.75. The molecular formula is C9H18N2O. The average Bonchev–Trinajstić information content (AvgIpc) is 2.29. The van der Waals surface area contributed by atoms with Crippen molar-refractivity contribution in [3.8, 4) is 0 Å². The first kappa shape index (κ1) is 8.48. The van der Waals surface area contributed by atoms with E-state index in [1.165, 1.54) is 6.42 Å². The van der Waals surface area contributed by atoms with Crippen molar-refractivity contribution in [2.75, 3.05) is 32.8 Å². The molecule has 2 unspecified atom stereocenters. The number of hydrogen-bond acceptors (Lipinski definition) is 3. The molecule has 0 amide bonds. The molecular weight excluding hydrogens is 152 g/mol. The molecule has 3 heteroatoms. The quantitative estimate of drug-likeness (QED) is 0.557. The van der Waals surface area contributed by atoms with E-state index in [-0.39, 0.29) is 0 Å². The highest BCUT2D eigenvalue weighted by Gasteiger charge is 2.28. The third-order valence-corrected chi connectivity index (χ3v) is 2.93. The van der Waals surface area contributed by atoms with Crippen LogP contribution in [0.5, 0.6) is 0 Å². The Morgan fingerprint density at radius 3 is 3.33 bits per heavy atom. The molecule has 1 N–H and O–H groups in total. The van der Waals surface area contributed by atoms with Crippen molar-refractivity contribution in [2.24, 2.45) is 0 Å². The van der Waals surface area contributed by atoms with Crippen LogP contribution in [0, 0.1) is 0 Å². The van der Waals surface area contributed by atoms with E-state index in [9.17, 15) is 0 Å². The molecule has 0 bridgehead atoms. The predicted octanol–water partition coefficient (Wildman–Crippen LogP) is 0.0690. The number of nitrogens with one attached hydrogen (secondary N) is 1. The fourth-order valence-electron chi connectivity index (χ4n) is 2.19. The van der Waals surface area contributed by atoms with Gasteiger partial charge in [0.1, 0.15) is 0 Å². The minimum absolute atomic E-state index is 0.670. The van der Waals surface area contributed by atoms with E-state index in [1.54, 1.807) is 0 Å². The summed E-state index contributed by atoms with van der Waals surface area (Å²) in [6, 6.07) is 1.35. The van der Waals surface area contributed by atoms with Gasteiger partial charge in [-0.3, -0.25) is 4.90 Å². The van der Waals surface area contributed by atoms with Gasteiger partial charge in [0.05, 0.1) is 13.2 Å². The molecule has 0 aliphatic carbocycles. The zero-order valence-electron chi connectivity index (χ0n) is 7.75. The lowest BCUT2D eigenvalue weighted by molar-refractivity contribution is -0.0209. The van der Waals surface area contributed by atoms with Gasteiger partial charge in [-0.1, -0.05) is 0 Å². The van der Waals surface area contributed by atoms with Crippen LogP contribution in [0.15, 0.2) is 0 Å². The molecule has 2 rings (SSSR count). The molecule has 2 saturated heterocycles. The Morgan fingerprint density at radius 2 is 2.42 bits per heavy atom. The lowest BCUT2D eigenvalue weighted by Crippen LogP contribution is -2.50. The molecule has 0 aromatic carbocycles. The number of nitrogens with zero attached hydrogens (tertiary/aromatic N) is 1.